The second-order valence-corrected chi connectivity index (χ2v) is 8.85. The molecule has 0 aliphatic carbocycles. The third-order valence-corrected chi connectivity index (χ3v) is 6.33. The number of halogens is 2. The van der Waals surface area contributed by atoms with Gasteiger partial charge < -0.3 is 5.32 Å². The highest BCUT2D eigenvalue weighted by molar-refractivity contribution is 9.10. The van der Waals surface area contributed by atoms with E-state index in [0.29, 0.717) is 10.2 Å². The van der Waals surface area contributed by atoms with Crippen molar-refractivity contribution in [1.29, 1.82) is 0 Å². The average Bonchev–Trinajstić information content (AvgIpc) is 2.70. The second-order valence-electron chi connectivity index (χ2n) is 6.29. The molecule has 3 aromatic rings. The van der Waals surface area contributed by atoms with Gasteiger partial charge in [0.25, 0.3) is 0 Å². The number of carbonyl (C=O) groups excluding carboxylic acids is 1. The molecule has 0 bridgehead atoms. The molecule has 29 heavy (non-hydrogen) atoms. The van der Waals surface area contributed by atoms with Crippen LogP contribution in [0.5, 0.6) is 0 Å². The average molecular weight is 477 g/mol. The van der Waals surface area contributed by atoms with Crippen LogP contribution >= 0.6 is 15.9 Å². The smallest absolute Gasteiger partial charge is 0.242 e. The molecule has 8 heteroatoms. The molecule has 1 amide bonds. The monoisotopic (exact) mass is 476 g/mol. The maximum absolute atomic E-state index is 13.1. The van der Waals surface area contributed by atoms with Crippen molar-refractivity contribution in [2.75, 3.05) is 5.32 Å². The van der Waals surface area contributed by atoms with Gasteiger partial charge in [-0.25, -0.2) is 12.8 Å². The molecule has 1 atom stereocenters. The molecule has 0 spiro atoms. The van der Waals surface area contributed by atoms with Gasteiger partial charge in [-0.3, -0.25) is 4.79 Å². The van der Waals surface area contributed by atoms with Crippen LogP contribution in [0, 0.1) is 5.82 Å². The zero-order valence-corrected chi connectivity index (χ0v) is 17.6. The number of anilines is 1. The van der Waals surface area contributed by atoms with Gasteiger partial charge >= 0.3 is 0 Å². The van der Waals surface area contributed by atoms with Gasteiger partial charge in [-0.2, -0.15) is 4.72 Å². The van der Waals surface area contributed by atoms with Crippen molar-refractivity contribution in [2.24, 2.45) is 0 Å². The van der Waals surface area contributed by atoms with Crippen molar-refractivity contribution in [2.45, 2.75) is 17.4 Å². The standard InChI is InChI=1S/C21H18BrFN2O3S/c22-18-8-4-5-9-19(18)24-21(26)20(14-15-6-2-1-3-7-15)25-29(27,28)17-12-10-16(23)11-13-17/h1-13,20,25H,14H2,(H,24,26)/t20-/m1/s1. The van der Waals surface area contributed by atoms with E-state index in [9.17, 15) is 17.6 Å². The van der Waals surface area contributed by atoms with E-state index in [0.717, 1.165) is 29.8 Å². The Balaban J connectivity index is 1.87. The molecule has 3 aromatic carbocycles. The maximum Gasteiger partial charge on any atom is 0.242 e. The molecule has 0 saturated heterocycles. The first-order valence-electron chi connectivity index (χ1n) is 8.72. The summed E-state index contributed by atoms with van der Waals surface area (Å²) in [6.45, 7) is 0. The topological polar surface area (TPSA) is 75.3 Å². The van der Waals surface area contributed by atoms with Gasteiger partial charge in [-0.1, -0.05) is 42.5 Å². The van der Waals surface area contributed by atoms with Crippen LogP contribution in [-0.2, 0) is 21.2 Å². The van der Waals surface area contributed by atoms with E-state index in [1.54, 1.807) is 24.3 Å². The highest BCUT2D eigenvalue weighted by Gasteiger charge is 2.26. The molecular formula is C21H18BrFN2O3S. The number of carbonyl (C=O) groups is 1. The van der Waals surface area contributed by atoms with Crippen molar-refractivity contribution in [3.63, 3.8) is 0 Å². The zero-order chi connectivity index (χ0) is 20.9. The van der Waals surface area contributed by atoms with Crippen molar-refractivity contribution < 1.29 is 17.6 Å². The molecule has 0 heterocycles. The van der Waals surface area contributed by atoms with Crippen LogP contribution in [0.25, 0.3) is 0 Å². The van der Waals surface area contributed by atoms with Crippen LogP contribution in [0.15, 0.2) is 88.2 Å². The lowest BCUT2D eigenvalue weighted by molar-refractivity contribution is -0.117. The summed E-state index contributed by atoms with van der Waals surface area (Å²) in [7, 11) is -4.03. The summed E-state index contributed by atoms with van der Waals surface area (Å²) < 4.78 is 41.8. The first kappa shape index (κ1) is 21.2. The summed E-state index contributed by atoms with van der Waals surface area (Å²) >= 11 is 3.36. The SMILES string of the molecule is O=C(Nc1ccccc1Br)[C@@H](Cc1ccccc1)NS(=O)(=O)c1ccc(F)cc1. The van der Waals surface area contributed by atoms with Crippen LogP contribution in [-0.4, -0.2) is 20.4 Å². The molecule has 0 fully saturated rings. The summed E-state index contributed by atoms with van der Waals surface area (Å²) in [5.41, 5.74) is 1.32. The number of hydrogen-bond donors (Lipinski definition) is 2. The number of hydrogen-bond acceptors (Lipinski definition) is 3. The minimum absolute atomic E-state index is 0.120. The molecule has 0 unspecified atom stereocenters. The Bertz CT molecular complexity index is 1090. The Hall–Kier alpha value is -2.55. The maximum atomic E-state index is 13.1. The van der Waals surface area contributed by atoms with E-state index in [2.05, 4.69) is 26.0 Å². The highest BCUT2D eigenvalue weighted by atomic mass is 79.9. The second kappa shape index (κ2) is 9.30. The van der Waals surface area contributed by atoms with Crippen LogP contribution in [0.2, 0.25) is 0 Å². The first-order chi connectivity index (χ1) is 13.8. The minimum Gasteiger partial charge on any atom is -0.324 e. The quantitative estimate of drug-likeness (QED) is 0.538. The molecule has 3 rings (SSSR count). The molecular weight excluding hydrogens is 459 g/mol. The fraction of sp³-hybridized carbons (Fsp3) is 0.0952. The van der Waals surface area contributed by atoms with Gasteiger partial charge in [0, 0.05) is 4.47 Å². The fourth-order valence-electron chi connectivity index (χ4n) is 2.69. The minimum atomic E-state index is -4.03. The van der Waals surface area contributed by atoms with Gasteiger partial charge in [-0.05, 0) is 64.3 Å². The lowest BCUT2D eigenvalue weighted by Gasteiger charge is -2.19. The Morgan fingerprint density at radius 3 is 2.21 bits per heavy atom. The number of rotatable bonds is 7. The number of para-hydroxylation sites is 1. The third kappa shape index (κ3) is 5.72. The Morgan fingerprint density at radius 2 is 1.55 bits per heavy atom. The van der Waals surface area contributed by atoms with Gasteiger partial charge in [0.05, 0.1) is 10.6 Å². The predicted molar refractivity (Wildman–Crippen MR) is 113 cm³/mol. The van der Waals surface area contributed by atoms with E-state index >= 15 is 0 Å². The third-order valence-electron chi connectivity index (χ3n) is 4.15. The summed E-state index contributed by atoms with van der Waals surface area (Å²) in [6.07, 6.45) is 0.150. The van der Waals surface area contributed by atoms with Crippen LogP contribution in [0.4, 0.5) is 10.1 Å². The van der Waals surface area contributed by atoms with Crippen molar-refractivity contribution in [3.05, 3.63) is 94.7 Å². The Labute approximate surface area is 177 Å². The molecule has 150 valence electrons. The molecule has 0 aromatic heterocycles. The van der Waals surface area contributed by atoms with Crippen molar-refractivity contribution in [1.82, 2.24) is 4.72 Å². The summed E-state index contributed by atoms with van der Waals surface area (Å²) in [4.78, 5) is 12.8. The molecule has 0 saturated carbocycles. The highest BCUT2D eigenvalue weighted by Crippen LogP contribution is 2.22. The molecule has 0 aliphatic heterocycles. The largest absolute Gasteiger partial charge is 0.324 e. The van der Waals surface area contributed by atoms with Crippen LogP contribution in [0.3, 0.4) is 0 Å². The normalized spacial score (nSPS) is 12.3. The van der Waals surface area contributed by atoms with Crippen molar-refractivity contribution >= 4 is 37.5 Å². The van der Waals surface area contributed by atoms with Crippen molar-refractivity contribution in [3.8, 4) is 0 Å². The lowest BCUT2D eigenvalue weighted by atomic mass is 10.1. The van der Waals surface area contributed by atoms with Gasteiger partial charge in [0.1, 0.15) is 11.9 Å². The molecule has 2 N–H and O–H groups in total. The Morgan fingerprint density at radius 1 is 0.931 bits per heavy atom. The summed E-state index contributed by atoms with van der Waals surface area (Å²) in [6, 6.07) is 19.5. The molecule has 0 aliphatic rings. The number of amides is 1. The Kier molecular flexibility index (Phi) is 6.79. The van der Waals surface area contributed by atoms with E-state index in [1.165, 1.54) is 0 Å². The predicted octanol–water partition coefficient (Wildman–Crippen LogP) is 4.12. The molecule has 5 nitrogen and oxygen atoms in total. The zero-order valence-electron chi connectivity index (χ0n) is 15.2. The first-order valence-corrected chi connectivity index (χ1v) is 11.0. The number of sulfonamides is 1. The number of benzene rings is 3. The lowest BCUT2D eigenvalue weighted by Crippen LogP contribution is -2.45. The van der Waals surface area contributed by atoms with Crippen LogP contribution in [0.1, 0.15) is 5.56 Å². The van der Waals surface area contributed by atoms with Crippen LogP contribution < -0.4 is 10.0 Å². The number of nitrogens with one attached hydrogen (secondary N) is 2. The van der Waals surface area contributed by atoms with E-state index in [4.69, 9.17) is 0 Å². The fourth-order valence-corrected chi connectivity index (χ4v) is 4.27. The van der Waals surface area contributed by atoms with E-state index in [-0.39, 0.29) is 11.3 Å². The molecule has 0 radical (unpaired) electrons. The van der Waals surface area contributed by atoms with Gasteiger partial charge in [0.15, 0.2) is 0 Å². The van der Waals surface area contributed by atoms with E-state index in [1.807, 2.05) is 30.3 Å². The summed E-state index contributed by atoms with van der Waals surface area (Å²) in [5, 5.41) is 2.74. The summed E-state index contributed by atoms with van der Waals surface area (Å²) in [5.74, 6) is -1.05. The van der Waals surface area contributed by atoms with Gasteiger partial charge in [0.2, 0.25) is 15.9 Å². The van der Waals surface area contributed by atoms with Gasteiger partial charge in [-0.15, -0.1) is 0 Å². The van der Waals surface area contributed by atoms with E-state index < -0.39 is 27.8 Å².